The number of nitrogens with zero attached hydrogens (tertiary/aromatic N) is 1. The molecule has 0 bridgehead atoms. The first kappa shape index (κ1) is 17.7. The highest BCUT2D eigenvalue weighted by atomic mass is 79.9. The number of carboxylic acids is 1. The molecule has 1 atom stereocenters. The van der Waals surface area contributed by atoms with Crippen molar-refractivity contribution in [3.63, 3.8) is 0 Å². The number of carbonyl (C=O) groups excluding carboxylic acids is 1. The van der Waals surface area contributed by atoms with Crippen LogP contribution < -0.4 is 4.74 Å². The van der Waals surface area contributed by atoms with E-state index in [1.54, 1.807) is 6.07 Å². The number of rotatable bonds is 6. The van der Waals surface area contributed by atoms with Crippen molar-refractivity contribution in [1.82, 2.24) is 4.90 Å². The Bertz CT molecular complexity index is 612. The predicted molar refractivity (Wildman–Crippen MR) is 82.7 cm³/mol. The number of likely N-dealkylation sites (tertiary alicyclic amines) is 1. The standard InChI is InChI=1S/C15H17BrFNO5/c1-22-9-15(14(20)21)4-5-18(8-15)13(19)7-23-12-3-2-10(16)6-11(12)17/h2-3,6H,4-5,7-9H2,1H3,(H,20,21). The molecule has 0 radical (unpaired) electrons. The Morgan fingerprint density at radius 1 is 1.48 bits per heavy atom. The zero-order valence-electron chi connectivity index (χ0n) is 12.6. The van der Waals surface area contributed by atoms with Gasteiger partial charge in [0.15, 0.2) is 18.2 Å². The maximum Gasteiger partial charge on any atom is 0.313 e. The molecule has 1 unspecified atom stereocenters. The maximum atomic E-state index is 13.6. The number of halogens is 2. The summed E-state index contributed by atoms with van der Waals surface area (Å²) in [7, 11) is 1.43. The smallest absolute Gasteiger partial charge is 0.313 e. The van der Waals surface area contributed by atoms with Crippen LogP contribution in [0.4, 0.5) is 4.39 Å². The van der Waals surface area contributed by atoms with Crippen molar-refractivity contribution in [2.24, 2.45) is 5.41 Å². The average molecular weight is 390 g/mol. The Kier molecular flexibility index (Phi) is 5.59. The normalized spacial score (nSPS) is 20.6. The molecule has 8 heteroatoms. The monoisotopic (exact) mass is 389 g/mol. The van der Waals surface area contributed by atoms with Crippen LogP contribution in [-0.2, 0) is 14.3 Å². The molecule has 0 spiro atoms. The van der Waals surface area contributed by atoms with Crippen LogP contribution in [-0.4, -0.2) is 55.3 Å². The van der Waals surface area contributed by atoms with Crippen molar-refractivity contribution >= 4 is 27.8 Å². The van der Waals surface area contributed by atoms with Gasteiger partial charge in [-0.25, -0.2) is 4.39 Å². The molecule has 1 N–H and O–H groups in total. The number of carbonyl (C=O) groups is 2. The Morgan fingerprint density at radius 3 is 2.83 bits per heavy atom. The Hall–Kier alpha value is -1.67. The molecule has 1 heterocycles. The third-order valence-corrected chi connectivity index (χ3v) is 4.32. The lowest BCUT2D eigenvalue weighted by Gasteiger charge is -2.23. The molecule has 1 aliphatic rings. The van der Waals surface area contributed by atoms with Crippen LogP contribution in [0.3, 0.4) is 0 Å². The molecule has 2 rings (SSSR count). The molecule has 1 aromatic rings. The van der Waals surface area contributed by atoms with Gasteiger partial charge in [0.25, 0.3) is 5.91 Å². The van der Waals surface area contributed by atoms with Crippen LogP contribution in [0.2, 0.25) is 0 Å². The van der Waals surface area contributed by atoms with Crippen molar-refractivity contribution in [2.75, 3.05) is 33.4 Å². The zero-order valence-corrected chi connectivity index (χ0v) is 14.1. The second-order valence-electron chi connectivity index (χ2n) is 5.45. The predicted octanol–water partition coefficient (Wildman–Crippen LogP) is 1.92. The molecular formula is C15H17BrFNO5. The lowest BCUT2D eigenvalue weighted by molar-refractivity contribution is -0.151. The fraction of sp³-hybridized carbons (Fsp3) is 0.467. The highest BCUT2D eigenvalue weighted by Crippen LogP contribution is 2.31. The molecule has 1 amide bonds. The summed E-state index contributed by atoms with van der Waals surface area (Å²) in [6.45, 7) is 0.0530. The van der Waals surface area contributed by atoms with Gasteiger partial charge in [-0.15, -0.1) is 0 Å². The minimum atomic E-state index is -1.09. The third-order valence-electron chi connectivity index (χ3n) is 3.83. The summed E-state index contributed by atoms with van der Waals surface area (Å²) in [5, 5.41) is 9.36. The summed E-state index contributed by atoms with van der Waals surface area (Å²) >= 11 is 3.13. The fourth-order valence-electron chi connectivity index (χ4n) is 2.54. The molecule has 23 heavy (non-hydrogen) atoms. The van der Waals surface area contributed by atoms with Gasteiger partial charge in [0, 0.05) is 24.7 Å². The summed E-state index contributed by atoms with van der Waals surface area (Å²) in [4.78, 5) is 25.0. The molecule has 0 aromatic heterocycles. The molecule has 0 aliphatic carbocycles. The van der Waals surface area contributed by atoms with E-state index in [1.165, 1.54) is 24.1 Å². The first-order valence-electron chi connectivity index (χ1n) is 6.96. The summed E-state index contributed by atoms with van der Waals surface area (Å²) in [6.07, 6.45) is 0.314. The van der Waals surface area contributed by atoms with Crippen molar-refractivity contribution in [3.8, 4) is 5.75 Å². The van der Waals surface area contributed by atoms with E-state index in [0.717, 1.165) is 0 Å². The molecule has 1 aromatic carbocycles. The van der Waals surface area contributed by atoms with Crippen molar-refractivity contribution in [2.45, 2.75) is 6.42 Å². The molecular weight excluding hydrogens is 373 g/mol. The number of benzene rings is 1. The largest absolute Gasteiger partial charge is 0.481 e. The van der Waals surface area contributed by atoms with Gasteiger partial charge in [-0.1, -0.05) is 15.9 Å². The summed E-state index contributed by atoms with van der Waals surface area (Å²) in [6, 6.07) is 4.26. The van der Waals surface area contributed by atoms with Crippen LogP contribution in [0.25, 0.3) is 0 Å². The number of amides is 1. The van der Waals surface area contributed by atoms with E-state index in [4.69, 9.17) is 9.47 Å². The van der Waals surface area contributed by atoms with E-state index in [9.17, 15) is 19.1 Å². The Balaban J connectivity index is 1.95. The van der Waals surface area contributed by atoms with Gasteiger partial charge in [-0.2, -0.15) is 0 Å². The fourth-order valence-corrected chi connectivity index (χ4v) is 2.87. The van der Waals surface area contributed by atoms with E-state index >= 15 is 0 Å². The lowest BCUT2D eigenvalue weighted by Crippen LogP contribution is -2.41. The molecule has 1 aliphatic heterocycles. The number of aliphatic carboxylic acids is 1. The van der Waals surface area contributed by atoms with E-state index in [-0.39, 0.29) is 31.4 Å². The number of hydrogen-bond acceptors (Lipinski definition) is 4. The SMILES string of the molecule is COCC1(C(=O)O)CCN(C(=O)COc2ccc(Br)cc2F)C1. The number of carboxylic acid groups (broad SMARTS) is 1. The minimum Gasteiger partial charge on any atom is -0.481 e. The summed E-state index contributed by atoms with van der Waals surface area (Å²) in [5.74, 6) is -1.98. The Labute approximate surface area is 141 Å². The van der Waals surface area contributed by atoms with Crippen molar-refractivity contribution < 1.29 is 28.6 Å². The van der Waals surface area contributed by atoms with E-state index in [1.807, 2.05) is 0 Å². The number of ether oxygens (including phenoxy) is 2. The average Bonchev–Trinajstić information content (AvgIpc) is 2.92. The van der Waals surface area contributed by atoms with Gasteiger partial charge in [-0.05, 0) is 24.6 Å². The lowest BCUT2D eigenvalue weighted by atomic mass is 9.88. The van der Waals surface area contributed by atoms with Gasteiger partial charge in [0.2, 0.25) is 0 Å². The summed E-state index contributed by atoms with van der Waals surface area (Å²) in [5.41, 5.74) is -1.09. The van der Waals surface area contributed by atoms with Gasteiger partial charge >= 0.3 is 5.97 Å². The van der Waals surface area contributed by atoms with E-state index in [2.05, 4.69) is 15.9 Å². The highest BCUT2D eigenvalue weighted by Gasteiger charge is 2.46. The maximum absolute atomic E-state index is 13.6. The van der Waals surface area contributed by atoms with Crippen molar-refractivity contribution in [1.29, 1.82) is 0 Å². The Morgan fingerprint density at radius 2 is 2.22 bits per heavy atom. The summed E-state index contributed by atoms with van der Waals surface area (Å²) < 4.78 is 24.4. The number of methoxy groups -OCH3 is 1. The topological polar surface area (TPSA) is 76.1 Å². The van der Waals surface area contributed by atoms with Gasteiger partial charge in [0.1, 0.15) is 5.41 Å². The van der Waals surface area contributed by atoms with E-state index in [0.29, 0.717) is 17.4 Å². The molecule has 0 saturated carbocycles. The van der Waals surface area contributed by atoms with E-state index < -0.39 is 17.2 Å². The molecule has 126 valence electrons. The third kappa shape index (κ3) is 4.00. The van der Waals surface area contributed by atoms with Crippen LogP contribution >= 0.6 is 15.9 Å². The van der Waals surface area contributed by atoms with Gasteiger partial charge in [-0.3, -0.25) is 9.59 Å². The van der Waals surface area contributed by atoms with Crippen LogP contribution in [0, 0.1) is 11.2 Å². The zero-order chi connectivity index (χ0) is 17.0. The highest BCUT2D eigenvalue weighted by molar-refractivity contribution is 9.10. The quantitative estimate of drug-likeness (QED) is 0.804. The first-order valence-corrected chi connectivity index (χ1v) is 7.75. The first-order chi connectivity index (χ1) is 10.9. The van der Waals surface area contributed by atoms with Crippen LogP contribution in [0.1, 0.15) is 6.42 Å². The van der Waals surface area contributed by atoms with Crippen LogP contribution in [0.15, 0.2) is 22.7 Å². The molecule has 1 saturated heterocycles. The van der Waals surface area contributed by atoms with Crippen LogP contribution in [0.5, 0.6) is 5.75 Å². The molecule has 1 fully saturated rings. The molecule has 6 nitrogen and oxygen atoms in total. The van der Waals surface area contributed by atoms with Gasteiger partial charge < -0.3 is 19.5 Å². The second kappa shape index (κ2) is 7.27. The van der Waals surface area contributed by atoms with Gasteiger partial charge in [0.05, 0.1) is 6.61 Å². The van der Waals surface area contributed by atoms with Crippen molar-refractivity contribution in [3.05, 3.63) is 28.5 Å². The minimum absolute atomic E-state index is 0.0258. The second-order valence-corrected chi connectivity index (χ2v) is 6.36. The number of hydrogen-bond donors (Lipinski definition) is 1.